The van der Waals surface area contributed by atoms with E-state index in [1.165, 1.54) is 13.2 Å². The maximum absolute atomic E-state index is 10.9. The first-order valence-electron chi connectivity index (χ1n) is 4.85. The summed E-state index contributed by atoms with van der Waals surface area (Å²) in [5, 5.41) is 0. The predicted molar refractivity (Wildman–Crippen MR) is 67.2 cm³/mol. The molecule has 2 nitrogen and oxygen atoms in total. The molecule has 0 saturated heterocycles. The van der Waals surface area contributed by atoms with Crippen LogP contribution in [0.25, 0.3) is 12.2 Å². The minimum atomic E-state index is -0.355. The van der Waals surface area contributed by atoms with Gasteiger partial charge in [-0.05, 0) is 17.2 Å². The van der Waals surface area contributed by atoms with Crippen LogP contribution in [0.2, 0.25) is 0 Å². The van der Waals surface area contributed by atoms with E-state index >= 15 is 0 Å². The van der Waals surface area contributed by atoms with Crippen LogP contribution in [0.3, 0.4) is 0 Å². The summed E-state index contributed by atoms with van der Waals surface area (Å²) in [5.41, 5.74) is 2.03. The van der Waals surface area contributed by atoms with Gasteiger partial charge in [-0.1, -0.05) is 36.4 Å². The van der Waals surface area contributed by atoms with Crippen molar-refractivity contribution < 1.29 is 9.53 Å². The van der Waals surface area contributed by atoms with Crippen molar-refractivity contribution in [2.24, 2.45) is 0 Å². The third kappa shape index (κ3) is 4.32. The van der Waals surface area contributed by atoms with Gasteiger partial charge in [-0.15, -0.1) is 11.6 Å². The number of rotatable bonds is 4. The average Bonchev–Trinajstić information content (AvgIpc) is 2.34. The van der Waals surface area contributed by atoms with Gasteiger partial charge in [0.2, 0.25) is 0 Å². The molecule has 1 aromatic rings. The van der Waals surface area contributed by atoms with Crippen LogP contribution < -0.4 is 0 Å². The monoisotopic (exact) mass is 236 g/mol. The lowest BCUT2D eigenvalue weighted by Crippen LogP contribution is -1.93. The Balaban J connectivity index is 2.68. The van der Waals surface area contributed by atoms with Crippen molar-refractivity contribution in [2.75, 3.05) is 13.0 Å². The second-order valence-corrected chi connectivity index (χ2v) is 3.39. The molecular weight excluding hydrogens is 224 g/mol. The van der Waals surface area contributed by atoms with E-state index in [1.807, 2.05) is 36.4 Å². The summed E-state index contributed by atoms with van der Waals surface area (Å²) < 4.78 is 4.50. The van der Waals surface area contributed by atoms with E-state index in [2.05, 4.69) is 4.74 Å². The zero-order valence-corrected chi connectivity index (χ0v) is 9.78. The molecule has 0 saturated carbocycles. The number of hydrogen-bond donors (Lipinski definition) is 0. The van der Waals surface area contributed by atoms with Gasteiger partial charge in [0, 0.05) is 12.0 Å². The number of carbonyl (C=O) groups excluding carboxylic acids is 1. The standard InChI is InChI=1S/C13H13ClO2/c1-16-13(15)9-8-12-6-4-11(5-7-12)3-2-10-14/h2-9H,10H2,1H3/b3-2?,9-8+. The van der Waals surface area contributed by atoms with Crippen LogP contribution in [0.4, 0.5) is 0 Å². The van der Waals surface area contributed by atoms with E-state index in [1.54, 1.807) is 6.08 Å². The third-order valence-corrected chi connectivity index (χ3v) is 2.13. The Kier molecular flexibility index (Phi) is 5.37. The normalized spacial score (nSPS) is 11.1. The van der Waals surface area contributed by atoms with Crippen molar-refractivity contribution in [2.45, 2.75) is 0 Å². The number of ether oxygens (including phenoxy) is 1. The molecule has 0 radical (unpaired) electrons. The van der Waals surface area contributed by atoms with Gasteiger partial charge in [0.15, 0.2) is 0 Å². The number of hydrogen-bond acceptors (Lipinski definition) is 2. The molecule has 0 aromatic heterocycles. The molecule has 0 spiro atoms. The first kappa shape index (κ1) is 12.5. The summed E-state index contributed by atoms with van der Waals surface area (Å²) in [4.78, 5) is 10.9. The first-order valence-corrected chi connectivity index (χ1v) is 5.38. The molecule has 16 heavy (non-hydrogen) atoms. The molecule has 0 unspecified atom stereocenters. The van der Waals surface area contributed by atoms with Gasteiger partial charge in [0.1, 0.15) is 0 Å². The van der Waals surface area contributed by atoms with Crippen molar-refractivity contribution in [1.82, 2.24) is 0 Å². The molecule has 0 atom stereocenters. The van der Waals surface area contributed by atoms with Gasteiger partial charge < -0.3 is 4.74 Å². The van der Waals surface area contributed by atoms with E-state index in [4.69, 9.17) is 11.6 Å². The van der Waals surface area contributed by atoms with Crippen molar-refractivity contribution >= 4 is 29.7 Å². The number of alkyl halides is 1. The highest BCUT2D eigenvalue weighted by atomic mass is 35.5. The van der Waals surface area contributed by atoms with Crippen molar-refractivity contribution in [3.63, 3.8) is 0 Å². The molecule has 0 bridgehead atoms. The Morgan fingerprint density at radius 1 is 1.25 bits per heavy atom. The molecule has 1 aromatic carbocycles. The van der Waals surface area contributed by atoms with Gasteiger partial charge in [-0.2, -0.15) is 0 Å². The Hall–Kier alpha value is -1.54. The Morgan fingerprint density at radius 2 is 1.81 bits per heavy atom. The summed E-state index contributed by atoms with van der Waals surface area (Å²) in [7, 11) is 1.35. The molecule has 0 fully saturated rings. The lowest BCUT2D eigenvalue weighted by atomic mass is 10.1. The Labute approximate surface area is 100 Å². The van der Waals surface area contributed by atoms with E-state index in [-0.39, 0.29) is 5.97 Å². The maximum atomic E-state index is 10.9. The highest BCUT2D eigenvalue weighted by molar-refractivity contribution is 6.19. The van der Waals surface area contributed by atoms with Crippen molar-refractivity contribution in [3.05, 3.63) is 47.5 Å². The summed E-state index contributed by atoms with van der Waals surface area (Å²) in [6.07, 6.45) is 6.92. The fourth-order valence-corrected chi connectivity index (χ4v) is 1.22. The number of esters is 1. The molecular formula is C13H13ClO2. The number of allylic oxidation sites excluding steroid dienone is 1. The largest absolute Gasteiger partial charge is 0.466 e. The van der Waals surface area contributed by atoms with Crippen LogP contribution in [0.5, 0.6) is 0 Å². The summed E-state index contributed by atoms with van der Waals surface area (Å²) in [6.45, 7) is 0. The lowest BCUT2D eigenvalue weighted by Gasteiger charge is -1.95. The van der Waals surface area contributed by atoms with Gasteiger partial charge in [0.05, 0.1) is 7.11 Å². The van der Waals surface area contributed by atoms with Gasteiger partial charge in [-0.25, -0.2) is 4.79 Å². The highest BCUT2D eigenvalue weighted by Gasteiger charge is 1.92. The molecule has 1 rings (SSSR count). The quantitative estimate of drug-likeness (QED) is 0.456. The summed E-state index contributed by atoms with van der Waals surface area (Å²) in [6, 6.07) is 7.76. The fourth-order valence-electron chi connectivity index (χ4n) is 1.13. The summed E-state index contributed by atoms with van der Waals surface area (Å²) in [5.74, 6) is 0.149. The molecule has 84 valence electrons. The van der Waals surface area contributed by atoms with Crippen LogP contribution in [0.1, 0.15) is 11.1 Å². The fraction of sp³-hybridized carbons (Fsp3) is 0.154. The highest BCUT2D eigenvalue weighted by Crippen LogP contribution is 2.08. The molecule has 0 aliphatic carbocycles. The SMILES string of the molecule is COC(=O)/C=C/c1ccc(C=CCCl)cc1. The van der Waals surface area contributed by atoms with E-state index < -0.39 is 0 Å². The zero-order valence-electron chi connectivity index (χ0n) is 9.02. The van der Waals surface area contributed by atoms with Crippen LogP contribution >= 0.6 is 11.6 Å². The number of benzene rings is 1. The van der Waals surface area contributed by atoms with Crippen molar-refractivity contribution in [3.8, 4) is 0 Å². The Bertz CT molecular complexity index is 391. The van der Waals surface area contributed by atoms with Crippen molar-refractivity contribution in [1.29, 1.82) is 0 Å². The number of methoxy groups -OCH3 is 1. The molecule has 0 aliphatic rings. The minimum absolute atomic E-state index is 0.355. The van der Waals surface area contributed by atoms with E-state index in [9.17, 15) is 4.79 Å². The molecule has 0 heterocycles. The number of carbonyl (C=O) groups is 1. The van der Waals surface area contributed by atoms with Gasteiger partial charge >= 0.3 is 5.97 Å². The van der Waals surface area contributed by atoms with Crippen LogP contribution in [0, 0.1) is 0 Å². The lowest BCUT2D eigenvalue weighted by molar-refractivity contribution is -0.134. The average molecular weight is 237 g/mol. The zero-order chi connectivity index (χ0) is 11.8. The second kappa shape index (κ2) is 6.85. The molecule has 0 aliphatic heterocycles. The minimum Gasteiger partial charge on any atom is -0.466 e. The maximum Gasteiger partial charge on any atom is 0.330 e. The summed E-state index contributed by atoms with van der Waals surface area (Å²) >= 11 is 5.53. The van der Waals surface area contributed by atoms with Crippen LogP contribution in [-0.4, -0.2) is 19.0 Å². The van der Waals surface area contributed by atoms with E-state index in [0.29, 0.717) is 5.88 Å². The third-order valence-electron chi connectivity index (χ3n) is 1.95. The smallest absolute Gasteiger partial charge is 0.330 e. The van der Waals surface area contributed by atoms with Crippen LogP contribution in [0.15, 0.2) is 36.4 Å². The molecule has 0 N–H and O–H groups in total. The Morgan fingerprint density at radius 3 is 2.31 bits per heavy atom. The molecule has 3 heteroatoms. The molecule has 0 amide bonds. The van der Waals surface area contributed by atoms with Crippen LogP contribution in [-0.2, 0) is 9.53 Å². The first-order chi connectivity index (χ1) is 7.76. The number of halogens is 1. The van der Waals surface area contributed by atoms with Gasteiger partial charge in [-0.3, -0.25) is 0 Å². The topological polar surface area (TPSA) is 26.3 Å². The predicted octanol–water partition coefficient (Wildman–Crippen LogP) is 3.12. The second-order valence-electron chi connectivity index (χ2n) is 3.08. The van der Waals surface area contributed by atoms with Gasteiger partial charge in [0.25, 0.3) is 0 Å². The van der Waals surface area contributed by atoms with E-state index in [0.717, 1.165) is 11.1 Å².